The van der Waals surface area contributed by atoms with Crippen LogP contribution in [0.5, 0.6) is 0 Å². The zero-order valence-electron chi connectivity index (χ0n) is 7.58. The van der Waals surface area contributed by atoms with Gasteiger partial charge in [-0.3, -0.25) is 0 Å². The minimum atomic E-state index is -4.59. The van der Waals surface area contributed by atoms with Crippen LogP contribution in [0.1, 0.15) is 11.4 Å². The number of nitrogen functional groups attached to an aromatic ring is 1. The number of nitrogens with two attached hydrogens (primary N) is 1. The predicted octanol–water partition coefficient (Wildman–Crippen LogP) is 1.03. The number of anilines is 1. The highest BCUT2D eigenvalue weighted by molar-refractivity contribution is 5.50. The first-order chi connectivity index (χ1) is 6.89. The molecule has 0 saturated heterocycles. The van der Waals surface area contributed by atoms with Crippen LogP contribution in [-0.4, -0.2) is 19.8 Å². The van der Waals surface area contributed by atoms with Crippen molar-refractivity contribution in [3.63, 3.8) is 0 Å². The van der Waals surface area contributed by atoms with Crippen LogP contribution in [0, 0.1) is 6.92 Å². The van der Waals surface area contributed by atoms with Gasteiger partial charge in [0.1, 0.15) is 5.82 Å². The third-order valence-corrected chi connectivity index (χ3v) is 1.83. The van der Waals surface area contributed by atoms with Crippen molar-refractivity contribution in [3.05, 3.63) is 17.5 Å². The number of fused-ring (bicyclic) bond motifs is 1. The zero-order valence-corrected chi connectivity index (χ0v) is 7.58. The fraction of sp³-hybridized carbons (Fsp3) is 0.286. The van der Waals surface area contributed by atoms with E-state index in [0.29, 0.717) is 10.1 Å². The second-order valence-corrected chi connectivity index (χ2v) is 3.01. The largest absolute Gasteiger partial charge is 0.453 e. The highest BCUT2D eigenvalue weighted by Gasteiger charge is 2.37. The summed E-state index contributed by atoms with van der Waals surface area (Å²) in [4.78, 5) is 0. The maximum absolute atomic E-state index is 12.4. The topological polar surface area (TPSA) is 69.1 Å². The Hall–Kier alpha value is -1.86. The molecule has 0 fully saturated rings. The molecule has 0 aliphatic heterocycles. The molecule has 0 atom stereocenters. The molecular weight excluding hydrogens is 211 g/mol. The van der Waals surface area contributed by atoms with Gasteiger partial charge in [-0.1, -0.05) is 0 Å². The molecule has 0 amide bonds. The fourth-order valence-corrected chi connectivity index (χ4v) is 1.23. The summed E-state index contributed by atoms with van der Waals surface area (Å²) in [5.41, 5.74) is 5.88. The summed E-state index contributed by atoms with van der Waals surface area (Å²) in [5.74, 6) is -1.18. The highest BCUT2D eigenvalue weighted by atomic mass is 19.4. The Bertz CT molecular complexity index is 515. The number of alkyl halides is 3. The number of rotatable bonds is 0. The summed E-state index contributed by atoms with van der Waals surface area (Å²) < 4.78 is 37.8. The molecule has 0 spiro atoms. The second-order valence-electron chi connectivity index (χ2n) is 3.01. The predicted molar refractivity (Wildman–Crippen MR) is 44.9 cm³/mol. The molecule has 0 saturated carbocycles. The Balaban J connectivity index is 2.80. The van der Waals surface area contributed by atoms with Crippen molar-refractivity contribution in [2.45, 2.75) is 13.1 Å². The van der Waals surface area contributed by atoms with Gasteiger partial charge in [-0.2, -0.15) is 17.7 Å². The van der Waals surface area contributed by atoms with Crippen LogP contribution in [0.4, 0.5) is 19.0 Å². The van der Waals surface area contributed by atoms with Crippen molar-refractivity contribution in [2.24, 2.45) is 0 Å². The van der Waals surface area contributed by atoms with Crippen LogP contribution in [0.2, 0.25) is 0 Å². The van der Waals surface area contributed by atoms with E-state index in [1.165, 1.54) is 6.07 Å². The van der Waals surface area contributed by atoms with Crippen molar-refractivity contribution in [2.75, 3.05) is 5.73 Å². The van der Waals surface area contributed by atoms with Crippen LogP contribution in [0.25, 0.3) is 5.65 Å². The summed E-state index contributed by atoms with van der Waals surface area (Å²) in [6.07, 6.45) is -4.59. The van der Waals surface area contributed by atoms with E-state index in [1.54, 1.807) is 6.92 Å². The molecule has 0 aliphatic rings. The third-order valence-electron chi connectivity index (χ3n) is 1.83. The minimum absolute atomic E-state index is 0.00898. The molecular formula is C7H6F3N5. The first-order valence-corrected chi connectivity index (χ1v) is 3.95. The van der Waals surface area contributed by atoms with Crippen molar-refractivity contribution in [3.8, 4) is 0 Å². The van der Waals surface area contributed by atoms with Gasteiger partial charge in [-0.05, 0) is 18.6 Å². The van der Waals surface area contributed by atoms with Crippen molar-refractivity contribution in [1.82, 2.24) is 19.8 Å². The normalized spacial score (nSPS) is 12.3. The third kappa shape index (κ3) is 1.47. The summed E-state index contributed by atoms with van der Waals surface area (Å²) in [5, 5.41) is 9.95. The SMILES string of the molecule is Cc1cc(N)nn2c(C(F)(F)F)nnc12. The summed E-state index contributed by atoms with van der Waals surface area (Å²) in [7, 11) is 0. The van der Waals surface area contributed by atoms with Gasteiger partial charge in [0.15, 0.2) is 5.65 Å². The molecule has 0 bridgehead atoms. The van der Waals surface area contributed by atoms with Gasteiger partial charge in [0, 0.05) is 0 Å². The Kier molecular flexibility index (Phi) is 1.82. The molecule has 5 nitrogen and oxygen atoms in total. The number of hydrogen-bond acceptors (Lipinski definition) is 4. The molecule has 0 radical (unpaired) electrons. The second kappa shape index (κ2) is 2.81. The maximum atomic E-state index is 12.4. The monoisotopic (exact) mass is 217 g/mol. The number of aromatic nitrogens is 4. The molecule has 0 aliphatic carbocycles. The lowest BCUT2D eigenvalue weighted by Gasteiger charge is -2.04. The number of halogens is 3. The Morgan fingerprint density at radius 2 is 2.00 bits per heavy atom. The minimum Gasteiger partial charge on any atom is -0.382 e. The molecule has 0 aromatic carbocycles. The fourth-order valence-electron chi connectivity index (χ4n) is 1.23. The number of aryl methyl sites for hydroxylation is 1. The Morgan fingerprint density at radius 3 is 2.60 bits per heavy atom. The van der Waals surface area contributed by atoms with Crippen molar-refractivity contribution in [1.29, 1.82) is 0 Å². The Morgan fingerprint density at radius 1 is 1.33 bits per heavy atom. The standard InChI is InChI=1S/C7H6F3N5/c1-3-2-4(11)14-15-5(3)12-13-6(15)7(8,9)10/h2H,1H3,(H2,11,14). The van der Waals surface area contributed by atoms with E-state index in [0.717, 1.165) is 0 Å². The Labute approximate surface area is 81.7 Å². The van der Waals surface area contributed by atoms with E-state index in [1.807, 2.05) is 0 Å². The van der Waals surface area contributed by atoms with Crippen LogP contribution < -0.4 is 5.73 Å². The molecule has 2 N–H and O–H groups in total. The van der Waals surface area contributed by atoms with Crippen molar-refractivity contribution >= 4 is 11.5 Å². The molecule has 15 heavy (non-hydrogen) atoms. The van der Waals surface area contributed by atoms with Gasteiger partial charge in [0.2, 0.25) is 0 Å². The van der Waals surface area contributed by atoms with Crippen LogP contribution in [0.3, 0.4) is 0 Å². The summed E-state index contributed by atoms with van der Waals surface area (Å²) >= 11 is 0. The van der Waals surface area contributed by atoms with Crippen LogP contribution in [-0.2, 0) is 6.18 Å². The van der Waals surface area contributed by atoms with E-state index in [-0.39, 0.29) is 11.5 Å². The van der Waals surface area contributed by atoms with E-state index < -0.39 is 12.0 Å². The number of nitrogens with zero attached hydrogens (tertiary/aromatic N) is 4. The van der Waals surface area contributed by atoms with E-state index in [2.05, 4.69) is 15.3 Å². The van der Waals surface area contributed by atoms with Gasteiger partial charge >= 0.3 is 6.18 Å². The molecule has 2 heterocycles. The number of hydrogen-bond donors (Lipinski definition) is 1. The molecule has 2 aromatic heterocycles. The van der Waals surface area contributed by atoms with Gasteiger partial charge in [-0.25, -0.2) is 0 Å². The highest BCUT2D eigenvalue weighted by Crippen LogP contribution is 2.28. The lowest BCUT2D eigenvalue weighted by Crippen LogP contribution is -2.13. The maximum Gasteiger partial charge on any atom is 0.453 e. The summed E-state index contributed by atoms with van der Waals surface area (Å²) in [6.45, 7) is 1.59. The van der Waals surface area contributed by atoms with Gasteiger partial charge < -0.3 is 5.73 Å². The molecule has 2 aromatic rings. The lowest BCUT2D eigenvalue weighted by molar-refractivity contribution is -0.146. The van der Waals surface area contributed by atoms with E-state index >= 15 is 0 Å². The average Bonchev–Trinajstić information content (AvgIpc) is 2.45. The zero-order chi connectivity index (χ0) is 11.2. The van der Waals surface area contributed by atoms with Crippen molar-refractivity contribution < 1.29 is 13.2 Å². The van der Waals surface area contributed by atoms with Crippen LogP contribution >= 0.6 is 0 Å². The molecule has 0 unspecified atom stereocenters. The first kappa shape index (κ1) is 9.69. The summed E-state index contributed by atoms with van der Waals surface area (Å²) in [6, 6.07) is 1.43. The average molecular weight is 217 g/mol. The van der Waals surface area contributed by atoms with Gasteiger partial charge in [-0.15, -0.1) is 15.3 Å². The van der Waals surface area contributed by atoms with E-state index in [9.17, 15) is 13.2 Å². The first-order valence-electron chi connectivity index (χ1n) is 3.95. The van der Waals surface area contributed by atoms with Gasteiger partial charge in [0.25, 0.3) is 5.82 Å². The van der Waals surface area contributed by atoms with Gasteiger partial charge in [0.05, 0.1) is 0 Å². The molecule has 8 heteroatoms. The lowest BCUT2D eigenvalue weighted by atomic mass is 10.3. The smallest absolute Gasteiger partial charge is 0.382 e. The molecule has 2 rings (SSSR count). The van der Waals surface area contributed by atoms with E-state index in [4.69, 9.17) is 5.73 Å². The van der Waals surface area contributed by atoms with Crippen LogP contribution in [0.15, 0.2) is 6.07 Å². The molecule has 80 valence electrons. The quantitative estimate of drug-likeness (QED) is 0.715.